The van der Waals surface area contributed by atoms with E-state index in [-0.39, 0.29) is 46.8 Å². The van der Waals surface area contributed by atoms with E-state index in [1.54, 1.807) is 27.7 Å². The zero-order valence-corrected chi connectivity index (χ0v) is 21.6. The van der Waals surface area contributed by atoms with Gasteiger partial charge in [-0.1, -0.05) is 26.7 Å². The van der Waals surface area contributed by atoms with Crippen molar-refractivity contribution in [1.29, 1.82) is 0 Å². The molecule has 0 aromatic heterocycles. The maximum absolute atomic E-state index is 10.6. The maximum atomic E-state index is 10.6. The maximum Gasteiger partial charge on any atom is 2.00 e. The summed E-state index contributed by atoms with van der Waals surface area (Å²) in [6, 6.07) is 0. The van der Waals surface area contributed by atoms with Gasteiger partial charge >= 0.3 is 33.7 Å². The Morgan fingerprint density at radius 1 is 0.710 bits per heavy atom. The Labute approximate surface area is 203 Å². The molecule has 0 heterocycles. The molecule has 31 heavy (non-hydrogen) atoms. The number of esters is 2. The van der Waals surface area contributed by atoms with Crippen LogP contribution in [0.5, 0.6) is 0 Å². The van der Waals surface area contributed by atoms with E-state index in [0.29, 0.717) is 13.2 Å². The molecule has 0 amide bonds. The van der Waals surface area contributed by atoms with Crippen molar-refractivity contribution in [2.75, 3.05) is 13.2 Å². The van der Waals surface area contributed by atoms with Crippen molar-refractivity contribution in [3.8, 4) is 0 Å². The van der Waals surface area contributed by atoms with Crippen LogP contribution in [0.1, 0.15) is 80.1 Å². The van der Waals surface area contributed by atoms with Crippen LogP contribution < -0.4 is 0 Å². The standard InChI is InChI=1S/2C8H13O3.2C3H8O.Ti/c2*1-3-4-5-11-8(10)6-7(2)9;2*1-3(2)4;/h2*2-6H2,1H3;2*3-4H,1-2H3;/q2*-1;;;+2. The molecule has 0 fully saturated rings. The number of rotatable bonds is 10. The van der Waals surface area contributed by atoms with Crippen LogP contribution >= 0.6 is 0 Å². The third-order valence-corrected chi connectivity index (χ3v) is 2.20. The number of hydrogen-bond donors (Lipinski definition) is 2. The molecular formula is C22H42O8Ti. The predicted octanol–water partition coefficient (Wildman–Crippen LogP) is 3.02. The molecule has 0 atom stereocenters. The number of aliphatic hydroxyl groups excluding tert-OH is 2. The molecular weight excluding hydrogens is 440 g/mol. The van der Waals surface area contributed by atoms with Gasteiger partial charge in [-0.05, 0) is 40.5 Å². The van der Waals surface area contributed by atoms with Crippen molar-refractivity contribution in [1.82, 2.24) is 0 Å². The zero-order chi connectivity index (χ0) is 24.5. The van der Waals surface area contributed by atoms with E-state index in [1.807, 2.05) is 13.8 Å². The number of ether oxygens (including phenoxy) is 2. The molecule has 9 heteroatoms. The molecule has 0 saturated heterocycles. The van der Waals surface area contributed by atoms with Crippen LogP contribution in [-0.4, -0.2) is 59.1 Å². The number of Topliss-reactive ketones (excluding diaryl/α,β-unsaturated/α-hetero) is 2. The second-order valence-corrected chi connectivity index (χ2v) is 6.77. The van der Waals surface area contributed by atoms with E-state index in [0.717, 1.165) is 25.7 Å². The molecule has 182 valence electrons. The number of unbranched alkanes of at least 4 members (excludes halogenated alkanes) is 2. The first kappa shape index (κ1) is 40.1. The first-order valence-corrected chi connectivity index (χ1v) is 10.2. The van der Waals surface area contributed by atoms with Gasteiger partial charge in [0.2, 0.25) is 0 Å². The van der Waals surface area contributed by atoms with Gasteiger partial charge in [0.1, 0.15) is 0 Å². The van der Waals surface area contributed by atoms with Crippen LogP contribution in [0.4, 0.5) is 0 Å². The van der Waals surface area contributed by atoms with E-state index in [1.165, 1.54) is 0 Å². The average molecular weight is 482 g/mol. The van der Waals surface area contributed by atoms with Gasteiger partial charge in [-0.15, -0.1) is 0 Å². The number of carbonyl (C=O) groups excluding carboxylic acids is 4. The minimum absolute atomic E-state index is 0. The summed E-state index contributed by atoms with van der Waals surface area (Å²) in [6.07, 6.45) is 2.90. The summed E-state index contributed by atoms with van der Waals surface area (Å²) in [6.45, 7) is 17.8. The van der Waals surface area contributed by atoms with Crippen molar-refractivity contribution in [2.24, 2.45) is 0 Å². The summed E-state index contributed by atoms with van der Waals surface area (Å²) in [5, 5.41) is 16.1. The van der Waals surface area contributed by atoms with Gasteiger partial charge in [0.25, 0.3) is 0 Å². The van der Waals surface area contributed by atoms with Crippen molar-refractivity contribution < 1.29 is 60.6 Å². The zero-order valence-electron chi connectivity index (χ0n) is 20.1. The number of aliphatic hydroxyl groups is 2. The third kappa shape index (κ3) is 73.4. The number of ketones is 2. The van der Waals surface area contributed by atoms with E-state index >= 15 is 0 Å². The van der Waals surface area contributed by atoms with Gasteiger partial charge < -0.3 is 43.1 Å². The Bertz CT molecular complexity index is 392. The molecule has 0 aromatic rings. The van der Waals surface area contributed by atoms with E-state index in [2.05, 4.69) is 13.8 Å². The molecule has 0 spiro atoms. The van der Waals surface area contributed by atoms with Gasteiger partial charge in [0.15, 0.2) is 0 Å². The molecule has 0 aliphatic rings. The predicted molar refractivity (Wildman–Crippen MR) is 116 cm³/mol. The van der Waals surface area contributed by atoms with Crippen LogP contribution in [0.15, 0.2) is 0 Å². The van der Waals surface area contributed by atoms with E-state index < -0.39 is 23.5 Å². The van der Waals surface area contributed by atoms with E-state index in [4.69, 9.17) is 19.7 Å². The molecule has 8 nitrogen and oxygen atoms in total. The molecule has 0 rings (SSSR count). The topological polar surface area (TPSA) is 127 Å². The second kappa shape index (κ2) is 30.8. The van der Waals surface area contributed by atoms with Crippen molar-refractivity contribution in [2.45, 2.75) is 92.3 Å². The summed E-state index contributed by atoms with van der Waals surface area (Å²) in [5.74, 6) is -1.74. The molecule has 0 aromatic carbocycles. The monoisotopic (exact) mass is 482 g/mol. The summed E-state index contributed by atoms with van der Waals surface area (Å²) < 4.78 is 9.39. The Hall–Kier alpha value is -1.35. The molecule has 0 radical (unpaired) electrons. The largest absolute Gasteiger partial charge is 2.00 e. The quantitative estimate of drug-likeness (QED) is 0.160. The fourth-order valence-electron chi connectivity index (χ4n) is 1.08. The smallest absolute Gasteiger partial charge is 0.465 e. The average Bonchev–Trinajstić information content (AvgIpc) is 2.53. The van der Waals surface area contributed by atoms with Crippen LogP contribution in [-0.2, 0) is 50.4 Å². The second-order valence-electron chi connectivity index (χ2n) is 6.77. The SMILES string of the molecule is CC(C)O.CC(C)O.[CH2-]C(=O)CC(=O)OCCCC.[CH2-]C(=O)CC(=O)OCCCC.[Ti+2]. The number of carbonyl (C=O) groups is 4. The van der Waals surface area contributed by atoms with Crippen LogP contribution in [0.3, 0.4) is 0 Å². The molecule has 2 N–H and O–H groups in total. The summed E-state index contributed by atoms with van der Waals surface area (Å²) in [4.78, 5) is 41.8. The van der Waals surface area contributed by atoms with Crippen LogP contribution in [0, 0.1) is 13.8 Å². The van der Waals surface area contributed by atoms with Gasteiger partial charge in [-0.25, -0.2) is 0 Å². The first-order chi connectivity index (χ1) is 13.8. The van der Waals surface area contributed by atoms with E-state index in [9.17, 15) is 19.2 Å². The summed E-state index contributed by atoms with van der Waals surface area (Å²) in [7, 11) is 0. The Balaban J connectivity index is -0.000000106. The Morgan fingerprint density at radius 2 is 0.935 bits per heavy atom. The number of hydrogen-bond acceptors (Lipinski definition) is 8. The van der Waals surface area contributed by atoms with Gasteiger partial charge in [0.05, 0.1) is 26.1 Å². The van der Waals surface area contributed by atoms with Crippen LogP contribution in [0.25, 0.3) is 0 Å². The molecule has 0 unspecified atom stereocenters. The van der Waals surface area contributed by atoms with Crippen LogP contribution in [0.2, 0.25) is 0 Å². The molecule has 0 aliphatic heterocycles. The fourth-order valence-corrected chi connectivity index (χ4v) is 1.08. The normalized spacial score (nSPS) is 8.84. The van der Waals surface area contributed by atoms with Gasteiger partial charge in [-0.3, -0.25) is 9.59 Å². The Morgan fingerprint density at radius 3 is 1.10 bits per heavy atom. The third-order valence-electron chi connectivity index (χ3n) is 2.20. The molecule has 0 aliphatic carbocycles. The van der Waals surface area contributed by atoms with Crippen molar-refractivity contribution >= 4 is 23.5 Å². The van der Waals surface area contributed by atoms with Gasteiger partial charge in [0, 0.05) is 23.8 Å². The minimum Gasteiger partial charge on any atom is -0.465 e. The first-order valence-electron chi connectivity index (χ1n) is 10.2. The minimum atomic E-state index is -0.474. The Kier molecular flexibility index (Phi) is 39.9. The van der Waals surface area contributed by atoms with Gasteiger partial charge in [-0.2, -0.15) is 0 Å². The molecule has 0 bridgehead atoms. The van der Waals surface area contributed by atoms with Crippen molar-refractivity contribution in [3.05, 3.63) is 13.8 Å². The molecule has 0 saturated carbocycles. The summed E-state index contributed by atoms with van der Waals surface area (Å²) in [5.41, 5.74) is 0. The fraction of sp³-hybridized carbons (Fsp3) is 0.727. The summed E-state index contributed by atoms with van der Waals surface area (Å²) >= 11 is 0. The van der Waals surface area contributed by atoms with Crippen molar-refractivity contribution in [3.63, 3.8) is 0 Å².